The molecule has 4 rings (SSSR count). The molecule has 2 aromatic carbocycles. The lowest BCUT2D eigenvalue weighted by molar-refractivity contribution is -0.117. The Hall–Kier alpha value is -2.68. The van der Waals surface area contributed by atoms with E-state index in [1.54, 1.807) is 0 Å². The maximum Gasteiger partial charge on any atom is 0.387 e. The van der Waals surface area contributed by atoms with Crippen LogP contribution in [0.1, 0.15) is 50.4 Å². The Morgan fingerprint density at radius 2 is 1.80 bits per heavy atom. The summed E-state index contributed by atoms with van der Waals surface area (Å²) in [5.74, 6) is -0.203. The van der Waals surface area contributed by atoms with Crippen molar-refractivity contribution >= 4 is 35.6 Å². The molecule has 3 aromatic rings. The van der Waals surface area contributed by atoms with Crippen LogP contribution in [0, 0.1) is 0 Å². The van der Waals surface area contributed by atoms with E-state index in [4.69, 9.17) is 16.7 Å². The third-order valence-electron chi connectivity index (χ3n) is 5.84. The monoisotopic (exact) mass is 524 g/mol. The van der Waals surface area contributed by atoms with Crippen molar-refractivity contribution in [2.75, 3.05) is 5.32 Å². The van der Waals surface area contributed by atoms with Crippen LogP contribution in [0.5, 0.6) is 5.75 Å². The maximum atomic E-state index is 13.1. The zero-order valence-electron chi connectivity index (χ0n) is 19.5. The van der Waals surface area contributed by atoms with Crippen LogP contribution in [0.3, 0.4) is 0 Å². The van der Waals surface area contributed by atoms with Gasteiger partial charge >= 0.3 is 6.61 Å². The molecule has 1 amide bonds. The van der Waals surface area contributed by atoms with Crippen LogP contribution in [0.4, 0.5) is 14.5 Å². The van der Waals surface area contributed by atoms with Gasteiger partial charge in [0.1, 0.15) is 5.75 Å². The summed E-state index contributed by atoms with van der Waals surface area (Å²) in [5.41, 5.74) is 2.27. The molecule has 0 radical (unpaired) electrons. The molecule has 10 heteroatoms. The lowest BCUT2D eigenvalue weighted by Gasteiger charge is -2.21. The minimum atomic E-state index is -2.90. The van der Waals surface area contributed by atoms with Gasteiger partial charge in [-0.1, -0.05) is 23.7 Å². The summed E-state index contributed by atoms with van der Waals surface area (Å²) in [6, 6.07) is 14.8. The number of hydrogen-bond acceptors (Lipinski definition) is 4. The Balaban J connectivity index is 0.00000342. The summed E-state index contributed by atoms with van der Waals surface area (Å²) in [5, 5.41) is 11.8. The number of amides is 1. The smallest absolute Gasteiger partial charge is 0.387 e. The first kappa shape index (κ1) is 26.9. The van der Waals surface area contributed by atoms with E-state index in [-0.39, 0.29) is 41.6 Å². The van der Waals surface area contributed by atoms with Gasteiger partial charge in [-0.3, -0.25) is 14.8 Å². The van der Waals surface area contributed by atoms with Gasteiger partial charge in [0.25, 0.3) is 0 Å². The van der Waals surface area contributed by atoms with Crippen molar-refractivity contribution in [2.45, 2.75) is 57.3 Å². The number of aromatic nitrogens is 2. The number of nitrogens with one attached hydrogen (secondary N) is 2. The third kappa shape index (κ3) is 6.51. The molecule has 1 unspecified atom stereocenters. The van der Waals surface area contributed by atoms with Crippen LogP contribution in [0.15, 0.2) is 60.8 Å². The van der Waals surface area contributed by atoms with Crippen LogP contribution in [0.25, 0.3) is 0 Å². The highest BCUT2D eigenvalue weighted by Gasteiger charge is 2.40. The predicted octanol–water partition coefficient (Wildman–Crippen LogP) is 6.14. The lowest BCUT2D eigenvalue weighted by atomic mass is 9.90. The van der Waals surface area contributed by atoms with Gasteiger partial charge in [0.2, 0.25) is 5.91 Å². The van der Waals surface area contributed by atoms with E-state index in [9.17, 15) is 13.6 Å². The molecule has 1 fully saturated rings. The third-order valence-corrected chi connectivity index (χ3v) is 6.09. The number of nitrogens with zero attached hydrogens (tertiary/aromatic N) is 2. The fraction of sp³-hybridized carbons (Fsp3) is 0.360. The number of halogens is 4. The lowest BCUT2D eigenvalue weighted by Crippen LogP contribution is -2.36. The highest BCUT2D eigenvalue weighted by molar-refractivity contribution is 6.30. The number of alkyl halides is 2. The predicted molar refractivity (Wildman–Crippen MR) is 135 cm³/mol. The highest BCUT2D eigenvalue weighted by Crippen LogP contribution is 2.40. The number of ether oxygens (including phenoxy) is 1. The SMILES string of the molecule is CC(C)(C)n1ccc(C2C[C@@H](C(=O)Nc3ccc(OC(F)F)cc3)N[C@H]2c2ccc(Cl)cc2)n1.Cl. The van der Waals surface area contributed by atoms with Crippen LogP contribution >= 0.6 is 24.0 Å². The second-order valence-electron chi connectivity index (χ2n) is 9.34. The van der Waals surface area contributed by atoms with E-state index >= 15 is 0 Å². The molecular formula is C25H28Cl2F2N4O2. The first-order valence-electron chi connectivity index (χ1n) is 11.0. The molecule has 1 aromatic heterocycles. The van der Waals surface area contributed by atoms with Gasteiger partial charge in [-0.15, -0.1) is 12.4 Å². The van der Waals surface area contributed by atoms with Crippen molar-refractivity contribution in [1.29, 1.82) is 0 Å². The van der Waals surface area contributed by atoms with E-state index in [0.29, 0.717) is 17.1 Å². The van der Waals surface area contributed by atoms with E-state index in [1.165, 1.54) is 24.3 Å². The van der Waals surface area contributed by atoms with Crippen LogP contribution < -0.4 is 15.4 Å². The number of carbonyl (C=O) groups excluding carboxylic acids is 1. The van der Waals surface area contributed by atoms with E-state index in [1.807, 2.05) is 41.2 Å². The van der Waals surface area contributed by atoms with Crippen molar-refractivity contribution in [2.24, 2.45) is 0 Å². The molecule has 6 nitrogen and oxygen atoms in total. The molecule has 1 saturated heterocycles. The van der Waals surface area contributed by atoms with Crippen molar-refractivity contribution in [3.63, 3.8) is 0 Å². The minimum absolute atomic E-state index is 0. The van der Waals surface area contributed by atoms with Gasteiger partial charge in [-0.2, -0.15) is 13.9 Å². The van der Waals surface area contributed by atoms with Crippen molar-refractivity contribution in [3.05, 3.63) is 77.1 Å². The van der Waals surface area contributed by atoms with Crippen molar-refractivity contribution < 1.29 is 18.3 Å². The molecule has 188 valence electrons. The molecule has 0 saturated carbocycles. The Morgan fingerprint density at radius 1 is 1.14 bits per heavy atom. The molecule has 0 spiro atoms. The molecule has 2 heterocycles. The van der Waals surface area contributed by atoms with Crippen LogP contribution in [0.2, 0.25) is 5.02 Å². The van der Waals surface area contributed by atoms with Gasteiger partial charge < -0.3 is 10.1 Å². The minimum Gasteiger partial charge on any atom is -0.435 e. The summed E-state index contributed by atoms with van der Waals surface area (Å²) < 4.78 is 31.0. The second-order valence-corrected chi connectivity index (χ2v) is 9.78. The molecule has 1 aliphatic rings. The van der Waals surface area contributed by atoms with Gasteiger partial charge in [-0.25, -0.2) is 0 Å². The summed E-state index contributed by atoms with van der Waals surface area (Å²) in [6.45, 7) is 3.36. The summed E-state index contributed by atoms with van der Waals surface area (Å²) in [7, 11) is 0. The molecular weight excluding hydrogens is 497 g/mol. The zero-order chi connectivity index (χ0) is 24.5. The molecule has 2 N–H and O–H groups in total. The maximum absolute atomic E-state index is 13.1. The van der Waals surface area contributed by atoms with Crippen LogP contribution in [-0.2, 0) is 10.3 Å². The standard InChI is InChI=1S/C25H27ClF2N4O2.ClH/c1-25(2,3)32-13-12-20(31-32)19-14-21(30-22(19)15-4-6-16(26)7-5-15)23(33)29-17-8-10-18(11-9-17)34-24(27)28;/h4-13,19,21-22,24,30H,14H2,1-3H3,(H,29,33);1H/t19?,21-,22-;/m0./s1. The molecule has 0 aliphatic carbocycles. The quantitative estimate of drug-likeness (QED) is 0.406. The van der Waals surface area contributed by atoms with Crippen molar-refractivity contribution in [3.8, 4) is 5.75 Å². The average molecular weight is 525 g/mol. The Kier molecular flexibility index (Phi) is 8.41. The Labute approximate surface area is 214 Å². The van der Waals surface area contributed by atoms with Gasteiger partial charge in [0.05, 0.1) is 17.3 Å². The molecule has 3 atom stereocenters. The summed E-state index contributed by atoms with van der Waals surface area (Å²) in [4.78, 5) is 13.1. The topological polar surface area (TPSA) is 68.2 Å². The van der Waals surface area contributed by atoms with Crippen molar-refractivity contribution in [1.82, 2.24) is 15.1 Å². The average Bonchev–Trinajstić information content (AvgIpc) is 3.43. The molecule has 0 bridgehead atoms. The summed E-state index contributed by atoms with van der Waals surface area (Å²) >= 11 is 6.08. The van der Waals surface area contributed by atoms with Gasteiger partial charge in [-0.05, 0) is 75.2 Å². The molecule has 35 heavy (non-hydrogen) atoms. The van der Waals surface area contributed by atoms with E-state index in [2.05, 4.69) is 36.1 Å². The first-order valence-corrected chi connectivity index (χ1v) is 11.4. The largest absolute Gasteiger partial charge is 0.435 e. The van der Waals surface area contributed by atoms with Crippen LogP contribution in [-0.4, -0.2) is 28.3 Å². The fourth-order valence-electron chi connectivity index (χ4n) is 4.12. The second kappa shape index (κ2) is 10.9. The zero-order valence-corrected chi connectivity index (χ0v) is 21.1. The van der Waals surface area contributed by atoms with E-state index < -0.39 is 12.7 Å². The number of carbonyl (C=O) groups is 1. The molecule has 1 aliphatic heterocycles. The number of anilines is 1. The Morgan fingerprint density at radius 3 is 2.37 bits per heavy atom. The van der Waals surface area contributed by atoms with Gasteiger partial charge in [0, 0.05) is 28.9 Å². The normalized spacial score (nSPS) is 19.9. The number of rotatable bonds is 6. The summed E-state index contributed by atoms with van der Waals surface area (Å²) in [6.07, 6.45) is 2.51. The van der Waals surface area contributed by atoms with Gasteiger partial charge in [0.15, 0.2) is 0 Å². The Bertz CT molecular complexity index is 1130. The van der Waals surface area contributed by atoms with E-state index in [0.717, 1.165) is 11.3 Å². The highest BCUT2D eigenvalue weighted by atomic mass is 35.5. The number of benzene rings is 2. The first-order chi connectivity index (χ1) is 16.1. The number of hydrogen-bond donors (Lipinski definition) is 2. The fourth-order valence-corrected chi connectivity index (χ4v) is 4.25.